The third kappa shape index (κ3) is 4.61. The van der Waals surface area contributed by atoms with Gasteiger partial charge in [-0.3, -0.25) is 9.59 Å². The van der Waals surface area contributed by atoms with Gasteiger partial charge in [0.2, 0.25) is 5.91 Å². The number of anilines is 2. The number of benzene rings is 2. The third-order valence-electron chi connectivity index (χ3n) is 3.89. The summed E-state index contributed by atoms with van der Waals surface area (Å²) in [6.07, 6.45) is 1.42. The number of carbonyl (C=O) groups is 2. The van der Waals surface area contributed by atoms with E-state index < -0.39 is 5.41 Å². The van der Waals surface area contributed by atoms with Crippen molar-refractivity contribution in [3.05, 3.63) is 65.4 Å². The Morgan fingerprint density at radius 3 is 2.36 bits per heavy atom. The molecule has 0 bridgehead atoms. The lowest BCUT2D eigenvalue weighted by Gasteiger charge is -2.18. The van der Waals surface area contributed by atoms with Crippen LogP contribution in [0.25, 0.3) is 10.6 Å². The lowest BCUT2D eigenvalue weighted by Crippen LogP contribution is -2.27. The summed E-state index contributed by atoms with van der Waals surface area (Å²) >= 11 is 1.11. The number of hydrogen-bond donors (Lipinski definition) is 2. The number of carbonyl (C=O) groups excluding carboxylic acids is 2. The van der Waals surface area contributed by atoms with Crippen LogP contribution >= 0.6 is 11.3 Å². The van der Waals surface area contributed by atoms with Gasteiger partial charge in [0.1, 0.15) is 15.7 Å². The minimum Gasteiger partial charge on any atom is -0.326 e. The number of thiazole rings is 1. The zero-order valence-corrected chi connectivity index (χ0v) is 16.6. The van der Waals surface area contributed by atoms with Crippen molar-refractivity contribution in [3.63, 3.8) is 0 Å². The molecule has 2 N–H and O–H groups in total. The van der Waals surface area contributed by atoms with E-state index in [1.54, 1.807) is 42.5 Å². The molecule has 3 aromatic rings. The summed E-state index contributed by atoms with van der Waals surface area (Å²) in [4.78, 5) is 29.2. The second-order valence-electron chi connectivity index (χ2n) is 7.25. The van der Waals surface area contributed by atoms with Crippen LogP contribution in [0.4, 0.5) is 15.8 Å². The summed E-state index contributed by atoms with van der Waals surface area (Å²) in [6.45, 7) is 5.47. The lowest BCUT2D eigenvalue weighted by atomic mass is 9.95. The molecular formula is C21H20FN3O2S. The monoisotopic (exact) mass is 397 g/mol. The Hall–Kier alpha value is -3.06. The van der Waals surface area contributed by atoms with E-state index in [0.717, 1.165) is 11.3 Å². The Balaban J connectivity index is 1.73. The van der Waals surface area contributed by atoms with Crippen molar-refractivity contribution < 1.29 is 14.0 Å². The predicted molar refractivity (Wildman–Crippen MR) is 110 cm³/mol. The normalized spacial score (nSPS) is 11.1. The van der Waals surface area contributed by atoms with Crippen LogP contribution in [0.2, 0.25) is 0 Å². The first-order chi connectivity index (χ1) is 13.2. The van der Waals surface area contributed by atoms with Crippen LogP contribution in [0.15, 0.2) is 54.7 Å². The second-order valence-corrected chi connectivity index (χ2v) is 8.28. The molecule has 0 aliphatic carbocycles. The number of aromatic nitrogens is 1. The molecular weight excluding hydrogens is 377 g/mol. The fraction of sp³-hybridized carbons (Fsp3) is 0.190. The SMILES string of the molecule is CC(C)(C)C(=O)Nc1cccc(NC(=O)c2cnc(-c3ccccc3F)s2)c1. The highest BCUT2D eigenvalue weighted by Crippen LogP contribution is 2.28. The van der Waals surface area contributed by atoms with Gasteiger partial charge in [0, 0.05) is 22.4 Å². The molecule has 144 valence electrons. The van der Waals surface area contributed by atoms with Crippen molar-refractivity contribution in [1.82, 2.24) is 4.98 Å². The zero-order valence-electron chi connectivity index (χ0n) is 15.7. The molecule has 0 saturated heterocycles. The summed E-state index contributed by atoms with van der Waals surface area (Å²) in [5.74, 6) is -0.849. The topological polar surface area (TPSA) is 71.1 Å². The number of nitrogens with zero attached hydrogens (tertiary/aromatic N) is 1. The number of halogens is 1. The highest BCUT2D eigenvalue weighted by atomic mass is 32.1. The summed E-state index contributed by atoms with van der Waals surface area (Å²) in [7, 11) is 0. The van der Waals surface area contributed by atoms with E-state index in [9.17, 15) is 14.0 Å². The quantitative estimate of drug-likeness (QED) is 0.637. The molecule has 1 heterocycles. The minimum absolute atomic E-state index is 0.118. The van der Waals surface area contributed by atoms with Crippen LogP contribution in [-0.4, -0.2) is 16.8 Å². The molecule has 0 spiro atoms. The molecule has 5 nitrogen and oxygen atoms in total. The average Bonchev–Trinajstić information content (AvgIpc) is 3.11. The molecule has 0 aliphatic heterocycles. The van der Waals surface area contributed by atoms with Gasteiger partial charge < -0.3 is 10.6 Å². The first-order valence-electron chi connectivity index (χ1n) is 8.67. The largest absolute Gasteiger partial charge is 0.326 e. The molecule has 0 atom stereocenters. The third-order valence-corrected chi connectivity index (χ3v) is 4.92. The lowest BCUT2D eigenvalue weighted by molar-refractivity contribution is -0.123. The summed E-state index contributed by atoms with van der Waals surface area (Å²) in [5.41, 5.74) is 0.968. The zero-order chi connectivity index (χ0) is 20.3. The van der Waals surface area contributed by atoms with Crippen LogP contribution < -0.4 is 10.6 Å². The number of rotatable bonds is 4. The van der Waals surface area contributed by atoms with Gasteiger partial charge in [-0.25, -0.2) is 9.37 Å². The van der Waals surface area contributed by atoms with Crippen molar-refractivity contribution in [2.24, 2.45) is 5.41 Å². The Bertz CT molecular complexity index is 1020. The summed E-state index contributed by atoms with van der Waals surface area (Å²) in [6, 6.07) is 13.2. The Labute approximate surface area is 166 Å². The van der Waals surface area contributed by atoms with E-state index in [0.29, 0.717) is 26.8 Å². The van der Waals surface area contributed by atoms with Crippen molar-refractivity contribution >= 4 is 34.5 Å². The number of amides is 2. The van der Waals surface area contributed by atoms with E-state index >= 15 is 0 Å². The van der Waals surface area contributed by atoms with Gasteiger partial charge >= 0.3 is 0 Å². The number of hydrogen-bond acceptors (Lipinski definition) is 4. The molecule has 2 amide bonds. The Morgan fingerprint density at radius 1 is 1.00 bits per heavy atom. The van der Waals surface area contributed by atoms with Crippen LogP contribution in [0.3, 0.4) is 0 Å². The molecule has 7 heteroatoms. The Kier molecular flexibility index (Phi) is 5.56. The summed E-state index contributed by atoms with van der Waals surface area (Å²) in [5, 5.41) is 6.04. The van der Waals surface area contributed by atoms with Gasteiger partial charge in [-0.05, 0) is 30.3 Å². The van der Waals surface area contributed by atoms with Gasteiger partial charge in [0.15, 0.2) is 0 Å². The molecule has 0 radical (unpaired) electrons. The minimum atomic E-state index is -0.523. The first kappa shape index (κ1) is 19.7. The molecule has 28 heavy (non-hydrogen) atoms. The van der Waals surface area contributed by atoms with Crippen molar-refractivity contribution in [3.8, 4) is 10.6 Å². The maximum atomic E-state index is 13.9. The van der Waals surface area contributed by atoms with Gasteiger partial charge in [-0.2, -0.15) is 0 Å². The fourth-order valence-corrected chi connectivity index (χ4v) is 3.16. The first-order valence-corrected chi connectivity index (χ1v) is 9.49. The van der Waals surface area contributed by atoms with E-state index in [-0.39, 0.29) is 17.6 Å². The van der Waals surface area contributed by atoms with Gasteiger partial charge in [-0.1, -0.05) is 39.0 Å². The van der Waals surface area contributed by atoms with Crippen LogP contribution in [0.1, 0.15) is 30.4 Å². The standard InChI is InChI=1S/C21H20FN3O2S/c1-21(2,3)20(27)25-14-8-6-7-13(11-14)24-18(26)17-12-23-19(28-17)15-9-4-5-10-16(15)22/h4-12H,1-3H3,(H,24,26)(H,25,27). The van der Waals surface area contributed by atoms with Crippen molar-refractivity contribution in [2.75, 3.05) is 10.6 Å². The van der Waals surface area contributed by atoms with Crippen molar-refractivity contribution in [2.45, 2.75) is 20.8 Å². The maximum absolute atomic E-state index is 13.9. The van der Waals surface area contributed by atoms with E-state index in [1.807, 2.05) is 20.8 Å². The summed E-state index contributed by atoms with van der Waals surface area (Å²) < 4.78 is 13.9. The van der Waals surface area contributed by atoms with Crippen LogP contribution in [-0.2, 0) is 4.79 Å². The van der Waals surface area contributed by atoms with E-state index in [1.165, 1.54) is 12.3 Å². The van der Waals surface area contributed by atoms with Gasteiger partial charge in [0.05, 0.1) is 6.20 Å². The molecule has 0 unspecified atom stereocenters. The molecule has 1 aromatic heterocycles. The maximum Gasteiger partial charge on any atom is 0.267 e. The molecule has 0 aliphatic rings. The smallest absolute Gasteiger partial charge is 0.267 e. The Morgan fingerprint density at radius 2 is 1.68 bits per heavy atom. The van der Waals surface area contributed by atoms with Crippen LogP contribution in [0.5, 0.6) is 0 Å². The van der Waals surface area contributed by atoms with Gasteiger partial charge in [-0.15, -0.1) is 11.3 Å². The number of nitrogens with one attached hydrogen (secondary N) is 2. The highest BCUT2D eigenvalue weighted by Gasteiger charge is 2.21. The molecule has 2 aromatic carbocycles. The van der Waals surface area contributed by atoms with E-state index in [4.69, 9.17) is 0 Å². The highest BCUT2D eigenvalue weighted by molar-refractivity contribution is 7.17. The van der Waals surface area contributed by atoms with E-state index in [2.05, 4.69) is 15.6 Å². The second kappa shape index (κ2) is 7.90. The molecule has 3 rings (SSSR count). The predicted octanol–water partition coefficient (Wildman–Crippen LogP) is 5.19. The fourth-order valence-electron chi connectivity index (χ4n) is 2.32. The van der Waals surface area contributed by atoms with Crippen LogP contribution in [0, 0.1) is 11.2 Å². The van der Waals surface area contributed by atoms with Crippen molar-refractivity contribution in [1.29, 1.82) is 0 Å². The molecule has 0 fully saturated rings. The molecule has 0 saturated carbocycles. The van der Waals surface area contributed by atoms with Gasteiger partial charge in [0.25, 0.3) is 5.91 Å². The average molecular weight is 397 g/mol.